The van der Waals surface area contributed by atoms with E-state index in [2.05, 4.69) is 29.0 Å². The van der Waals surface area contributed by atoms with Crippen molar-refractivity contribution in [3.05, 3.63) is 72.6 Å². The minimum Gasteiger partial charge on any atom is -0.486 e. The maximum atomic E-state index is 12.9. The van der Waals surface area contributed by atoms with Gasteiger partial charge in [-0.25, -0.2) is 8.42 Å². The summed E-state index contributed by atoms with van der Waals surface area (Å²) in [5.74, 6) is 1.12. The van der Waals surface area contributed by atoms with Crippen molar-refractivity contribution in [1.29, 1.82) is 0 Å². The summed E-state index contributed by atoms with van der Waals surface area (Å²) in [5.41, 5.74) is 1.74. The van der Waals surface area contributed by atoms with Crippen molar-refractivity contribution in [1.82, 2.24) is 19.1 Å². The standard InChI is InChI=1S/C27H33N5O5S2/c1-4-14-32-25(19-37-23-10-6-21(5-2)7-11-23)29-30-27(32)38-20(3)26(33)28-22-8-12-24(13-9-22)39(34,35)31-15-17-36-18-16-31/h4,6-13,20H,1,5,14-19H2,2-3H3,(H,28,33)/t20-/m0/s1. The van der Waals surface area contributed by atoms with Crippen LogP contribution in [0.4, 0.5) is 5.69 Å². The van der Waals surface area contributed by atoms with E-state index in [1.165, 1.54) is 33.8 Å². The topological polar surface area (TPSA) is 116 Å². The molecule has 1 amide bonds. The molecule has 2 aromatic carbocycles. The fraction of sp³-hybridized carbons (Fsp3) is 0.370. The van der Waals surface area contributed by atoms with Crippen LogP contribution in [0, 0.1) is 0 Å². The predicted octanol–water partition coefficient (Wildman–Crippen LogP) is 3.75. The first-order valence-electron chi connectivity index (χ1n) is 12.7. The van der Waals surface area contributed by atoms with E-state index in [0.717, 1.165) is 12.2 Å². The van der Waals surface area contributed by atoms with Crippen molar-refractivity contribution < 1.29 is 22.7 Å². The summed E-state index contributed by atoms with van der Waals surface area (Å²) in [7, 11) is -3.60. The zero-order chi connectivity index (χ0) is 27.8. The number of sulfonamides is 1. The molecule has 0 unspecified atom stereocenters. The maximum absolute atomic E-state index is 12.9. The Bertz CT molecular complexity index is 1370. The number of amides is 1. The number of carbonyl (C=O) groups is 1. The normalized spacial score (nSPS) is 15.0. The Labute approximate surface area is 233 Å². The Morgan fingerprint density at radius 1 is 1.15 bits per heavy atom. The van der Waals surface area contributed by atoms with Gasteiger partial charge in [0.05, 0.1) is 23.4 Å². The molecule has 1 saturated heterocycles. The number of hydrogen-bond donors (Lipinski definition) is 1. The molecule has 1 N–H and O–H groups in total. The SMILES string of the molecule is C=CCn1c(COc2ccc(CC)cc2)nnc1S[C@@H](C)C(=O)Nc1ccc(S(=O)(=O)N2CCOCC2)cc1. The largest absolute Gasteiger partial charge is 0.486 e. The summed E-state index contributed by atoms with van der Waals surface area (Å²) in [6.07, 6.45) is 2.70. The third-order valence-electron chi connectivity index (χ3n) is 6.19. The van der Waals surface area contributed by atoms with E-state index in [4.69, 9.17) is 9.47 Å². The Kier molecular flexibility index (Phi) is 9.78. The number of hydrogen-bond acceptors (Lipinski definition) is 8. The fourth-order valence-electron chi connectivity index (χ4n) is 3.90. The van der Waals surface area contributed by atoms with E-state index >= 15 is 0 Å². The van der Waals surface area contributed by atoms with Gasteiger partial charge >= 0.3 is 0 Å². The molecule has 0 bridgehead atoms. The van der Waals surface area contributed by atoms with E-state index in [0.29, 0.717) is 49.5 Å². The van der Waals surface area contributed by atoms with Gasteiger partial charge in [-0.2, -0.15) is 4.31 Å². The van der Waals surface area contributed by atoms with Crippen molar-refractivity contribution in [2.24, 2.45) is 0 Å². The third kappa shape index (κ3) is 7.27. The van der Waals surface area contributed by atoms with Gasteiger partial charge in [-0.05, 0) is 55.3 Å². The molecule has 10 nitrogen and oxygen atoms in total. The van der Waals surface area contributed by atoms with Crippen LogP contribution in [-0.2, 0) is 39.1 Å². The minimum absolute atomic E-state index is 0.179. The van der Waals surface area contributed by atoms with Gasteiger partial charge in [0.15, 0.2) is 11.0 Å². The average molecular weight is 572 g/mol. The molecule has 0 radical (unpaired) electrons. The first kappa shape index (κ1) is 28.8. The van der Waals surface area contributed by atoms with Crippen LogP contribution in [0.5, 0.6) is 5.75 Å². The number of rotatable bonds is 12. The molecule has 1 aliphatic heterocycles. The number of ether oxygens (including phenoxy) is 2. The summed E-state index contributed by atoms with van der Waals surface area (Å²) in [5, 5.41) is 11.5. The number of morpholine rings is 1. The van der Waals surface area contributed by atoms with Crippen molar-refractivity contribution in [2.75, 3.05) is 31.6 Å². The highest BCUT2D eigenvalue weighted by Crippen LogP contribution is 2.25. The second kappa shape index (κ2) is 13.2. The summed E-state index contributed by atoms with van der Waals surface area (Å²) in [6, 6.07) is 14.1. The molecule has 3 aromatic rings. The highest BCUT2D eigenvalue weighted by Gasteiger charge is 2.26. The first-order valence-corrected chi connectivity index (χ1v) is 15.0. The van der Waals surface area contributed by atoms with Crippen LogP contribution in [0.2, 0.25) is 0 Å². The van der Waals surface area contributed by atoms with Crippen molar-refractivity contribution >= 4 is 33.4 Å². The Balaban J connectivity index is 1.36. The number of benzene rings is 2. The van der Waals surface area contributed by atoms with Crippen LogP contribution in [0.1, 0.15) is 25.2 Å². The molecule has 2 heterocycles. The fourth-order valence-corrected chi connectivity index (χ4v) is 6.18. The van der Waals surface area contributed by atoms with E-state index in [1.807, 2.05) is 28.8 Å². The minimum atomic E-state index is -3.60. The smallest absolute Gasteiger partial charge is 0.243 e. The predicted molar refractivity (Wildman–Crippen MR) is 150 cm³/mol. The van der Waals surface area contributed by atoms with Gasteiger partial charge in [0.2, 0.25) is 15.9 Å². The second-order valence-corrected chi connectivity index (χ2v) is 12.1. The highest BCUT2D eigenvalue weighted by molar-refractivity contribution is 8.00. The number of aromatic nitrogens is 3. The molecule has 1 aromatic heterocycles. The van der Waals surface area contributed by atoms with Crippen LogP contribution in [0.3, 0.4) is 0 Å². The summed E-state index contributed by atoms with van der Waals surface area (Å²) < 4.78 is 40.1. The van der Waals surface area contributed by atoms with Crippen LogP contribution >= 0.6 is 11.8 Å². The number of anilines is 1. The molecule has 1 atom stereocenters. The van der Waals surface area contributed by atoms with Gasteiger partial charge in [-0.3, -0.25) is 9.36 Å². The molecule has 1 aliphatic rings. The van der Waals surface area contributed by atoms with Gasteiger partial charge in [0.1, 0.15) is 12.4 Å². The summed E-state index contributed by atoms with van der Waals surface area (Å²) in [6.45, 7) is 9.80. The van der Waals surface area contributed by atoms with E-state index in [-0.39, 0.29) is 17.4 Å². The van der Waals surface area contributed by atoms with Crippen LogP contribution in [-0.4, -0.2) is 64.9 Å². The number of aryl methyl sites for hydroxylation is 1. The third-order valence-corrected chi connectivity index (χ3v) is 9.18. The number of nitrogens with one attached hydrogen (secondary N) is 1. The van der Waals surface area contributed by atoms with Crippen LogP contribution in [0.25, 0.3) is 0 Å². The molecule has 0 aliphatic carbocycles. The zero-order valence-corrected chi connectivity index (χ0v) is 23.7. The Morgan fingerprint density at radius 2 is 1.85 bits per heavy atom. The van der Waals surface area contributed by atoms with Crippen molar-refractivity contribution in [3.63, 3.8) is 0 Å². The lowest BCUT2D eigenvalue weighted by Crippen LogP contribution is -2.40. The average Bonchev–Trinajstić information content (AvgIpc) is 3.33. The van der Waals surface area contributed by atoms with E-state index in [9.17, 15) is 13.2 Å². The van der Waals surface area contributed by atoms with Crippen molar-refractivity contribution in [3.8, 4) is 5.75 Å². The Morgan fingerprint density at radius 3 is 2.49 bits per heavy atom. The van der Waals surface area contributed by atoms with E-state index < -0.39 is 15.3 Å². The Hall–Kier alpha value is -3.19. The molecule has 12 heteroatoms. The lowest BCUT2D eigenvalue weighted by molar-refractivity contribution is -0.115. The number of thioether (sulfide) groups is 1. The number of allylic oxidation sites excluding steroid dienone is 1. The molecule has 208 valence electrons. The van der Waals surface area contributed by atoms with Crippen LogP contribution in [0.15, 0.2) is 71.2 Å². The van der Waals surface area contributed by atoms with Gasteiger partial charge in [0, 0.05) is 25.3 Å². The molecular formula is C27H33N5O5S2. The molecular weight excluding hydrogens is 538 g/mol. The zero-order valence-electron chi connectivity index (χ0n) is 22.1. The second-order valence-electron chi connectivity index (χ2n) is 8.87. The lowest BCUT2D eigenvalue weighted by atomic mass is 10.2. The summed E-state index contributed by atoms with van der Waals surface area (Å²) >= 11 is 1.27. The summed E-state index contributed by atoms with van der Waals surface area (Å²) in [4.78, 5) is 13.1. The highest BCUT2D eigenvalue weighted by atomic mass is 32.2. The monoisotopic (exact) mass is 571 g/mol. The molecule has 0 saturated carbocycles. The maximum Gasteiger partial charge on any atom is 0.243 e. The van der Waals surface area contributed by atoms with Gasteiger partial charge < -0.3 is 14.8 Å². The van der Waals surface area contributed by atoms with Gasteiger partial charge in [-0.15, -0.1) is 16.8 Å². The quantitative estimate of drug-likeness (QED) is 0.258. The van der Waals surface area contributed by atoms with E-state index in [1.54, 1.807) is 25.1 Å². The van der Waals surface area contributed by atoms with Gasteiger partial charge in [0.25, 0.3) is 0 Å². The molecule has 1 fully saturated rings. The van der Waals surface area contributed by atoms with Crippen molar-refractivity contribution in [2.45, 2.75) is 48.7 Å². The number of nitrogens with zero attached hydrogens (tertiary/aromatic N) is 4. The lowest BCUT2D eigenvalue weighted by Gasteiger charge is -2.26. The van der Waals surface area contributed by atoms with Gasteiger partial charge in [-0.1, -0.05) is 36.9 Å². The molecule has 0 spiro atoms. The molecule has 39 heavy (non-hydrogen) atoms. The molecule has 4 rings (SSSR count). The first-order chi connectivity index (χ1) is 18.8. The van der Waals surface area contributed by atoms with Crippen LogP contribution < -0.4 is 10.1 Å². The number of carbonyl (C=O) groups excluding carboxylic acids is 1.